The van der Waals surface area contributed by atoms with Gasteiger partial charge in [0.1, 0.15) is 40.5 Å². The number of nitro groups is 1. The van der Waals surface area contributed by atoms with Crippen LogP contribution in [0.15, 0.2) is 29.3 Å². The lowest BCUT2D eigenvalue weighted by Crippen LogP contribution is -2.32. The number of nitrogens with one attached hydrogen (secondary N) is 1. The number of nitrogens with two attached hydrogens (primary N) is 1. The van der Waals surface area contributed by atoms with E-state index in [4.69, 9.17) is 10.5 Å². The second kappa shape index (κ2) is 8.12. The van der Waals surface area contributed by atoms with Crippen LogP contribution in [-0.2, 0) is 10.5 Å². The Kier molecular flexibility index (Phi) is 5.53. The molecule has 3 heterocycles. The van der Waals surface area contributed by atoms with Crippen molar-refractivity contribution in [3.63, 3.8) is 0 Å². The minimum atomic E-state index is -1.28. The van der Waals surface area contributed by atoms with Crippen molar-refractivity contribution < 1.29 is 25.0 Å². The third-order valence-corrected chi connectivity index (χ3v) is 5.80. The molecule has 3 aromatic rings. The Morgan fingerprint density at radius 3 is 2.57 bits per heavy atom. The van der Waals surface area contributed by atoms with Gasteiger partial charge in [-0.1, -0.05) is 23.9 Å². The van der Waals surface area contributed by atoms with Crippen LogP contribution in [0.3, 0.4) is 0 Å². The molecule has 0 bridgehead atoms. The molecule has 4 rings (SSSR count). The van der Waals surface area contributed by atoms with E-state index in [0.29, 0.717) is 27.5 Å². The molecule has 13 heteroatoms. The zero-order chi connectivity index (χ0) is 21.4. The molecule has 0 radical (unpaired) electrons. The first kappa shape index (κ1) is 20.4. The van der Waals surface area contributed by atoms with Crippen LogP contribution in [0.4, 0.5) is 11.6 Å². The number of rotatable bonds is 6. The molecule has 1 aliphatic rings. The minimum absolute atomic E-state index is 0.00727. The van der Waals surface area contributed by atoms with Crippen molar-refractivity contribution in [2.75, 3.05) is 12.3 Å². The zero-order valence-electron chi connectivity index (χ0n) is 15.4. The van der Waals surface area contributed by atoms with Gasteiger partial charge in [-0.2, -0.15) is 5.10 Å². The van der Waals surface area contributed by atoms with Gasteiger partial charge in [0.25, 0.3) is 5.69 Å². The van der Waals surface area contributed by atoms with E-state index < -0.39 is 35.9 Å². The number of benzene rings is 1. The van der Waals surface area contributed by atoms with Gasteiger partial charge >= 0.3 is 0 Å². The van der Waals surface area contributed by atoms with Crippen molar-refractivity contribution in [1.82, 2.24) is 20.2 Å². The van der Waals surface area contributed by atoms with Crippen LogP contribution in [0.25, 0.3) is 11.0 Å². The lowest BCUT2D eigenvalue weighted by atomic mass is 10.1. The number of anilines is 1. The molecule has 1 aliphatic heterocycles. The highest BCUT2D eigenvalue weighted by Crippen LogP contribution is 2.37. The number of H-pyrrole nitrogens is 1. The van der Waals surface area contributed by atoms with Crippen LogP contribution in [0.2, 0.25) is 0 Å². The van der Waals surface area contributed by atoms with Crippen LogP contribution in [0.5, 0.6) is 0 Å². The molecule has 30 heavy (non-hydrogen) atoms. The maximum absolute atomic E-state index is 10.8. The average Bonchev–Trinajstić information content (AvgIpc) is 3.27. The summed E-state index contributed by atoms with van der Waals surface area (Å²) in [5, 5.41) is 47.8. The predicted molar refractivity (Wildman–Crippen MR) is 105 cm³/mol. The standard InChI is InChI=1S/C17H18N6O6S/c18-17-19-10-11(15-14(26)13(25)9(5-24)29-15)21-22-12(10)16(20-17)30-6-7-1-3-8(4-2-7)23(27)28/h1-4,9,13-15,24-26H,5-6H2,(H,21,22)(H2,18,19,20). The largest absolute Gasteiger partial charge is 0.394 e. The van der Waals surface area contributed by atoms with E-state index in [1.54, 1.807) is 12.1 Å². The molecule has 0 saturated carbocycles. The number of thioether (sulfide) groups is 1. The fraction of sp³-hybridized carbons (Fsp3) is 0.353. The van der Waals surface area contributed by atoms with E-state index in [1.165, 1.54) is 23.9 Å². The third kappa shape index (κ3) is 3.68. The summed E-state index contributed by atoms with van der Waals surface area (Å²) in [6.07, 6.45) is -4.44. The summed E-state index contributed by atoms with van der Waals surface area (Å²) in [6, 6.07) is 6.16. The first-order valence-corrected chi connectivity index (χ1v) is 9.87. The first-order valence-electron chi connectivity index (χ1n) is 8.89. The molecule has 12 nitrogen and oxygen atoms in total. The fourth-order valence-corrected chi connectivity index (χ4v) is 4.14. The van der Waals surface area contributed by atoms with Gasteiger partial charge in [0.2, 0.25) is 5.95 Å². The summed E-state index contributed by atoms with van der Waals surface area (Å²) in [5.74, 6) is 0.447. The number of hydrogen-bond acceptors (Lipinski definition) is 11. The highest BCUT2D eigenvalue weighted by atomic mass is 32.2. The summed E-state index contributed by atoms with van der Waals surface area (Å²) in [7, 11) is 0. The van der Waals surface area contributed by atoms with Gasteiger partial charge in [-0.25, -0.2) is 9.97 Å². The van der Waals surface area contributed by atoms with Crippen LogP contribution >= 0.6 is 11.8 Å². The van der Waals surface area contributed by atoms with E-state index in [2.05, 4.69) is 20.2 Å². The molecule has 4 unspecified atom stereocenters. The second-order valence-corrected chi connectivity index (χ2v) is 7.66. The molecule has 0 spiro atoms. The Morgan fingerprint density at radius 1 is 1.20 bits per heavy atom. The number of nitrogens with zero attached hydrogens (tertiary/aromatic N) is 4. The smallest absolute Gasteiger partial charge is 0.269 e. The van der Waals surface area contributed by atoms with Crippen molar-refractivity contribution in [1.29, 1.82) is 0 Å². The van der Waals surface area contributed by atoms with Crippen LogP contribution in [0.1, 0.15) is 17.4 Å². The Balaban J connectivity index is 1.60. The Bertz CT molecular complexity index is 1080. The normalized spacial score (nSPS) is 23.8. The van der Waals surface area contributed by atoms with E-state index in [1.807, 2.05) is 0 Å². The maximum Gasteiger partial charge on any atom is 0.269 e. The van der Waals surface area contributed by atoms with Gasteiger partial charge in [-0.3, -0.25) is 15.2 Å². The number of fused-ring (bicyclic) bond motifs is 1. The van der Waals surface area contributed by atoms with Crippen molar-refractivity contribution in [3.8, 4) is 0 Å². The van der Waals surface area contributed by atoms with Crippen LogP contribution in [0, 0.1) is 10.1 Å². The van der Waals surface area contributed by atoms with Gasteiger partial charge in [-0.05, 0) is 5.56 Å². The zero-order valence-corrected chi connectivity index (χ0v) is 16.2. The van der Waals surface area contributed by atoms with Gasteiger partial charge in [0.15, 0.2) is 0 Å². The molecular formula is C17H18N6O6S. The number of aromatic amines is 1. The Labute approximate surface area is 173 Å². The molecular weight excluding hydrogens is 416 g/mol. The number of non-ortho nitro benzene ring substituents is 1. The molecule has 158 valence electrons. The minimum Gasteiger partial charge on any atom is -0.394 e. The fourth-order valence-electron chi connectivity index (χ4n) is 3.21. The molecule has 0 aliphatic carbocycles. The van der Waals surface area contributed by atoms with E-state index in [9.17, 15) is 25.4 Å². The molecule has 2 aromatic heterocycles. The average molecular weight is 434 g/mol. The molecule has 6 N–H and O–H groups in total. The van der Waals surface area contributed by atoms with Gasteiger partial charge in [0, 0.05) is 17.9 Å². The molecule has 0 amide bonds. The number of aliphatic hydroxyl groups is 3. The number of ether oxygens (including phenoxy) is 1. The summed E-state index contributed by atoms with van der Waals surface area (Å²) in [5.41, 5.74) is 7.76. The summed E-state index contributed by atoms with van der Waals surface area (Å²) in [6.45, 7) is -0.450. The van der Waals surface area contributed by atoms with E-state index >= 15 is 0 Å². The topological polar surface area (TPSA) is 194 Å². The van der Waals surface area contributed by atoms with Gasteiger partial charge < -0.3 is 25.8 Å². The molecule has 4 atom stereocenters. The SMILES string of the molecule is Nc1nc(SCc2ccc([N+](=O)[O-])cc2)c2n[nH]c(C3OC(CO)C(O)C3O)c2n1. The summed E-state index contributed by atoms with van der Waals surface area (Å²) < 4.78 is 5.54. The monoisotopic (exact) mass is 434 g/mol. The van der Waals surface area contributed by atoms with Crippen LogP contribution in [-0.4, -0.2) is 65.3 Å². The first-order chi connectivity index (χ1) is 14.4. The second-order valence-electron chi connectivity index (χ2n) is 6.69. The van der Waals surface area contributed by atoms with Crippen molar-refractivity contribution in [3.05, 3.63) is 45.6 Å². The molecule has 1 fully saturated rings. The van der Waals surface area contributed by atoms with Crippen molar-refractivity contribution in [2.45, 2.75) is 35.2 Å². The number of aromatic nitrogens is 4. The van der Waals surface area contributed by atoms with Crippen molar-refractivity contribution >= 4 is 34.4 Å². The van der Waals surface area contributed by atoms with Gasteiger partial charge in [0.05, 0.1) is 17.2 Å². The molecule has 1 saturated heterocycles. The Hall–Kier alpha value is -2.84. The lowest BCUT2D eigenvalue weighted by Gasteiger charge is -2.13. The summed E-state index contributed by atoms with van der Waals surface area (Å²) in [4.78, 5) is 18.7. The lowest BCUT2D eigenvalue weighted by molar-refractivity contribution is -0.384. The number of aliphatic hydroxyl groups excluding tert-OH is 3. The maximum atomic E-state index is 10.8. The highest BCUT2D eigenvalue weighted by Gasteiger charge is 2.44. The van der Waals surface area contributed by atoms with Crippen molar-refractivity contribution in [2.24, 2.45) is 0 Å². The highest BCUT2D eigenvalue weighted by molar-refractivity contribution is 7.98. The Morgan fingerprint density at radius 2 is 1.93 bits per heavy atom. The summed E-state index contributed by atoms with van der Waals surface area (Å²) >= 11 is 1.32. The van der Waals surface area contributed by atoms with Gasteiger partial charge in [-0.15, -0.1) is 0 Å². The quantitative estimate of drug-likeness (QED) is 0.155. The van der Waals surface area contributed by atoms with E-state index in [0.717, 1.165) is 5.56 Å². The number of nitrogen functional groups attached to an aromatic ring is 1. The number of nitro benzene ring substituents is 1. The third-order valence-electron chi connectivity index (χ3n) is 4.76. The number of hydrogen-bond donors (Lipinski definition) is 5. The predicted octanol–water partition coefficient (Wildman–Crippen LogP) is 0.290. The van der Waals surface area contributed by atoms with E-state index in [-0.39, 0.29) is 11.6 Å². The molecule has 1 aromatic carbocycles. The van der Waals surface area contributed by atoms with Crippen LogP contribution < -0.4 is 5.73 Å².